The fourth-order valence-corrected chi connectivity index (χ4v) is 2.49. The van der Waals surface area contributed by atoms with Crippen molar-refractivity contribution in [3.8, 4) is 0 Å². The van der Waals surface area contributed by atoms with Crippen molar-refractivity contribution in [3.63, 3.8) is 0 Å². The minimum absolute atomic E-state index is 0.0722. The Morgan fingerprint density at radius 3 is 2.29 bits per heavy atom. The Morgan fingerprint density at radius 2 is 1.76 bits per heavy atom. The van der Waals surface area contributed by atoms with E-state index in [9.17, 15) is 5.11 Å². The van der Waals surface area contributed by atoms with Gasteiger partial charge in [0.05, 0.1) is 12.1 Å². The van der Waals surface area contributed by atoms with Crippen LogP contribution in [0.1, 0.15) is 46.1 Å². The molecule has 0 saturated heterocycles. The van der Waals surface area contributed by atoms with Crippen LogP contribution >= 0.6 is 0 Å². The van der Waals surface area contributed by atoms with Crippen LogP contribution in [0.5, 0.6) is 0 Å². The van der Waals surface area contributed by atoms with E-state index < -0.39 is 5.54 Å². The molecule has 0 radical (unpaired) electrons. The summed E-state index contributed by atoms with van der Waals surface area (Å²) in [6.45, 7) is 10.1. The first-order valence-electron chi connectivity index (χ1n) is 8.02. The molecule has 0 spiro atoms. The molecule has 0 bridgehead atoms. The summed E-state index contributed by atoms with van der Waals surface area (Å²) < 4.78 is 5.75. The van der Waals surface area contributed by atoms with Gasteiger partial charge in [-0.1, -0.05) is 44.2 Å². The SMILES string of the molecule is CC(C)CCOCCC(CO)(NC(C)C)c1ccccc1. The van der Waals surface area contributed by atoms with Crippen LogP contribution in [-0.4, -0.2) is 31.0 Å². The Labute approximate surface area is 129 Å². The van der Waals surface area contributed by atoms with Crippen LogP contribution in [0, 0.1) is 5.92 Å². The normalized spacial score (nSPS) is 14.6. The zero-order valence-electron chi connectivity index (χ0n) is 13.9. The molecule has 2 N–H and O–H groups in total. The molecular weight excluding hydrogens is 262 g/mol. The Bertz CT molecular complexity index is 378. The smallest absolute Gasteiger partial charge is 0.0693 e. The first-order valence-corrected chi connectivity index (χ1v) is 8.02. The molecule has 21 heavy (non-hydrogen) atoms. The van der Waals surface area contributed by atoms with Gasteiger partial charge in [0, 0.05) is 19.3 Å². The highest BCUT2D eigenvalue weighted by Crippen LogP contribution is 2.25. The largest absolute Gasteiger partial charge is 0.394 e. The van der Waals surface area contributed by atoms with Gasteiger partial charge < -0.3 is 15.2 Å². The van der Waals surface area contributed by atoms with Gasteiger partial charge in [-0.15, -0.1) is 0 Å². The highest BCUT2D eigenvalue weighted by atomic mass is 16.5. The number of ether oxygens (including phenoxy) is 1. The number of benzene rings is 1. The third-order valence-corrected chi connectivity index (χ3v) is 3.67. The maximum absolute atomic E-state index is 10.0. The number of aliphatic hydroxyl groups is 1. The van der Waals surface area contributed by atoms with E-state index in [1.807, 2.05) is 18.2 Å². The fourth-order valence-electron chi connectivity index (χ4n) is 2.49. The molecule has 0 aliphatic heterocycles. The number of aliphatic hydroxyl groups excluding tert-OH is 1. The molecule has 0 aromatic heterocycles. The Kier molecular flexibility index (Phi) is 7.94. The number of hydrogen-bond acceptors (Lipinski definition) is 3. The second kappa shape index (κ2) is 9.19. The van der Waals surface area contributed by atoms with E-state index in [1.54, 1.807) is 0 Å². The van der Waals surface area contributed by atoms with Crippen LogP contribution in [0.15, 0.2) is 30.3 Å². The molecule has 1 rings (SSSR count). The first-order chi connectivity index (χ1) is 10.00. The van der Waals surface area contributed by atoms with Crippen LogP contribution in [0.25, 0.3) is 0 Å². The van der Waals surface area contributed by atoms with E-state index in [0.717, 1.165) is 25.0 Å². The summed E-state index contributed by atoms with van der Waals surface area (Å²) in [5, 5.41) is 13.5. The van der Waals surface area contributed by atoms with E-state index in [0.29, 0.717) is 18.6 Å². The molecule has 0 heterocycles. The van der Waals surface area contributed by atoms with Crippen molar-refractivity contribution in [3.05, 3.63) is 35.9 Å². The lowest BCUT2D eigenvalue weighted by Gasteiger charge is -2.35. The lowest BCUT2D eigenvalue weighted by Crippen LogP contribution is -2.49. The third-order valence-electron chi connectivity index (χ3n) is 3.67. The Morgan fingerprint density at radius 1 is 1.10 bits per heavy atom. The summed E-state index contributed by atoms with van der Waals surface area (Å²) in [5.41, 5.74) is 0.696. The highest BCUT2D eigenvalue weighted by molar-refractivity contribution is 5.25. The summed E-state index contributed by atoms with van der Waals surface area (Å²) >= 11 is 0. The monoisotopic (exact) mass is 293 g/mol. The van der Waals surface area contributed by atoms with Gasteiger partial charge in [0.15, 0.2) is 0 Å². The van der Waals surface area contributed by atoms with Crippen molar-refractivity contribution < 1.29 is 9.84 Å². The maximum Gasteiger partial charge on any atom is 0.0693 e. The van der Waals surface area contributed by atoms with Gasteiger partial charge in [-0.25, -0.2) is 0 Å². The zero-order valence-corrected chi connectivity index (χ0v) is 13.9. The van der Waals surface area contributed by atoms with E-state index in [4.69, 9.17) is 4.74 Å². The number of hydrogen-bond donors (Lipinski definition) is 2. The molecule has 1 atom stereocenters. The van der Waals surface area contributed by atoms with Crippen molar-refractivity contribution >= 4 is 0 Å². The van der Waals surface area contributed by atoms with Crippen LogP contribution in [0.2, 0.25) is 0 Å². The minimum atomic E-state index is -0.423. The summed E-state index contributed by atoms with van der Waals surface area (Å²) in [7, 11) is 0. The van der Waals surface area contributed by atoms with Crippen LogP contribution < -0.4 is 5.32 Å². The summed E-state index contributed by atoms with van der Waals surface area (Å²) in [6.07, 6.45) is 1.85. The molecule has 1 unspecified atom stereocenters. The molecule has 0 aliphatic rings. The van der Waals surface area contributed by atoms with E-state index in [1.165, 1.54) is 0 Å². The molecule has 120 valence electrons. The van der Waals surface area contributed by atoms with Crippen molar-refractivity contribution in [2.75, 3.05) is 19.8 Å². The van der Waals surface area contributed by atoms with Crippen molar-refractivity contribution in [2.24, 2.45) is 5.92 Å². The topological polar surface area (TPSA) is 41.5 Å². The van der Waals surface area contributed by atoms with Gasteiger partial charge in [-0.05, 0) is 38.2 Å². The zero-order chi connectivity index (χ0) is 15.7. The molecule has 0 fully saturated rings. The van der Waals surface area contributed by atoms with Gasteiger partial charge in [0.2, 0.25) is 0 Å². The molecule has 1 aromatic carbocycles. The Hall–Kier alpha value is -0.900. The predicted molar refractivity (Wildman–Crippen MR) is 88.4 cm³/mol. The van der Waals surface area contributed by atoms with Crippen molar-refractivity contribution in [2.45, 2.75) is 52.1 Å². The van der Waals surface area contributed by atoms with Gasteiger partial charge in [-0.3, -0.25) is 0 Å². The molecule has 1 aromatic rings. The number of nitrogens with one attached hydrogen (secondary N) is 1. The van der Waals surface area contributed by atoms with Crippen LogP contribution in [0.4, 0.5) is 0 Å². The van der Waals surface area contributed by atoms with E-state index >= 15 is 0 Å². The average Bonchev–Trinajstić information content (AvgIpc) is 2.46. The predicted octanol–water partition coefficient (Wildman–Crippen LogP) is 3.33. The lowest BCUT2D eigenvalue weighted by molar-refractivity contribution is 0.0701. The fraction of sp³-hybridized carbons (Fsp3) is 0.667. The molecule has 3 heteroatoms. The second-order valence-corrected chi connectivity index (χ2v) is 6.45. The van der Waals surface area contributed by atoms with Crippen molar-refractivity contribution in [1.82, 2.24) is 5.32 Å². The summed E-state index contributed by atoms with van der Waals surface area (Å²) in [4.78, 5) is 0. The highest BCUT2D eigenvalue weighted by Gasteiger charge is 2.31. The van der Waals surface area contributed by atoms with Gasteiger partial charge >= 0.3 is 0 Å². The third kappa shape index (κ3) is 6.16. The standard InChI is InChI=1S/C18H31NO2/c1-15(2)10-12-21-13-11-18(14-20,19-16(3)4)17-8-6-5-7-9-17/h5-9,15-16,19-20H,10-14H2,1-4H3. The quantitative estimate of drug-likeness (QED) is 0.650. The van der Waals surface area contributed by atoms with Gasteiger partial charge in [0.1, 0.15) is 0 Å². The maximum atomic E-state index is 10.0. The number of rotatable bonds is 10. The van der Waals surface area contributed by atoms with Gasteiger partial charge in [0.25, 0.3) is 0 Å². The van der Waals surface area contributed by atoms with E-state index in [2.05, 4.69) is 45.1 Å². The summed E-state index contributed by atoms with van der Waals surface area (Å²) in [5.74, 6) is 0.663. The molecular formula is C18H31NO2. The molecule has 3 nitrogen and oxygen atoms in total. The second-order valence-electron chi connectivity index (χ2n) is 6.45. The van der Waals surface area contributed by atoms with Crippen molar-refractivity contribution in [1.29, 1.82) is 0 Å². The molecule has 0 saturated carbocycles. The molecule has 0 aliphatic carbocycles. The minimum Gasteiger partial charge on any atom is -0.394 e. The first kappa shape index (κ1) is 18.1. The van der Waals surface area contributed by atoms with Gasteiger partial charge in [-0.2, -0.15) is 0 Å². The Balaban J connectivity index is 2.68. The summed E-state index contributed by atoms with van der Waals surface area (Å²) in [6, 6.07) is 10.5. The average molecular weight is 293 g/mol. The van der Waals surface area contributed by atoms with Crippen LogP contribution in [0.3, 0.4) is 0 Å². The molecule has 0 amide bonds. The van der Waals surface area contributed by atoms with E-state index in [-0.39, 0.29) is 6.61 Å². The van der Waals surface area contributed by atoms with Crippen LogP contribution in [-0.2, 0) is 10.3 Å². The lowest BCUT2D eigenvalue weighted by atomic mass is 9.87.